The summed E-state index contributed by atoms with van der Waals surface area (Å²) in [5, 5.41) is 15.3. The van der Waals surface area contributed by atoms with Crippen LogP contribution in [0.25, 0.3) is 22.0 Å². The molecule has 5 heteroatoms. The Kier molecular flexibility index (Phi) is 5.16. The Morgan fingerprint density at radius 1 is 0.966 bits per heavy atom. The lowest BCUT2D eigenvalue weighted by Crippen LogP contribution is -2.62. The van der Waals surface area contributed by atoms with Crippen molar-refractivity contribution in [2.75, 3.05) is 11.9 Å². The molecule has 2 heterocycles. The zero-order valence-electron chi connectivity index (χ0n) is 17.8. The van der Waals surface area contributed by atoms with Crippen LogP contribution >= 0.6 is 15.9 Å². The summed E-state index contributed by atoms with van der Waals surface area (Å²) >= 11 is 3.62. The lowest BCUT2D eigenvalue weighted by Gasteiger charge is -2.49. The molecule has 1 fully saturated rings. The number of nitrogens with one attached hydrogen (secondary N) is 1. The molecule has 1 aromatic heterocycles. The molecule has 0 spiro atoms. The summed E-state index contributed by atoms with van der Waals surface area (Å²) in [6.45, 7) is 9.12. The third-order valence-electron chi connectivity index (χ3n) is 5.85. The zero-order valence-corrected chi connectivity index (χ0v) is 19.4. The number of nitrogens with zero attached hydrogens (tertiary/aromatic N) is 3. The van der Waals surface area contributed by atoms with Crippen LogP contribution in [0.3, 0.4) is 0 Å². The second-order valence-electron chi connectivity index (χ2n) is 9.52. The first-order valence-corrected chi connectivity index (χ1v) is 11.0. The Morgan fingerprint density at radius 2 is 1.69 bits per heavy atom. The van der Waals surface area contributed by atoms with Crippen LogP contribution in [-0.2, 0) is 0 Å². The predicted molar refractivity (Wildman–Crippen MR) is 125 cm³/mol. The molecule has 0 unspecified atom stereocenters. The molecule has 1 N–H and O–H groups in total. The van der Waals surface area contributed by atoms with E-state index in [1.165, 1.54) is 10.8 Å². The summed E-state index contributed by atoms with van der Waals surface area (Å²) in [6.07, 6.45) is 2.16. The van der Waals surface area contributed by atoms with Gasteiger partial charge in [0, 0.05) is 34.2 Å². The second-order valence-corrected chi connectivity index (χ2v) is 10.4. The molecule has 1 saturated heterocycles. The lowest BCUT2D eigenvalue weighted by atomic mass is 9.79. The minimum atomic E-state index is 0.105. The van der Waals surface area contributed by atoms with Crippen LogP contribution in [0.1, 0.15) is 40.5 Å². The quantitative estimate of drug-likeness (QED) is 0.544. The van der Waals surface area contributed by atoms with E-state index >= 15 is 0 Å². The van der Waals surface area contributed by atoms with Gasteiger partial charge >= 0.3 is 0 Å². The topological polar surface area (TPSA) is 41.1 Å². The van der Waals surface area contributed by atoms with Gasteiger partial charge in [0.25, 0.3) is 0 Å². The van der Waals surface area contributed by atoms with Crippen LogP contribution < -0.4 is 10.2 Å². The van der Waals surface area contributed by atoms with Crippen molar-refractivity contribution in [2.24, 2.45) is 0 Å². The summed E-state index contributed by atoms with van der Waals surface area (Å²) in [5.74, 6) is 0.927. The fraction of sp³-hybridized carbons (Fsp3) is 0.417. The second kappa shape index (κ2) is 7.37. The number of benzene rings is 2. The van der Waals surface area contributed by atoms with Gasteiger partial charge in [-0.3, -0.25) is 0 Å². The van der Waals surface area contributed by atoms with Crippen molar-refractivity contribution in [3.8, 4) is 11.3 Å². The van der Waals surface area contributed by atoms with Crippen LogP contribution in [0.2, 0.25) is 0 Å². The van der Waals surface area contributed by atoms with Crippen LogP contribution in [0.4, 0.5) is 5.82 Å². The molecule has 152 valence electrons. The fourth-order valence-electron chi connectivity index (χ4n) is 4.80. The van der Waals surface area contributed by atoms with Crippen LogP contribution in [0.15, 0.2) is 53.0 Å². The SMILES string of the molecule is CN(c1ccc(-c2ccc3c(Br)cccc3c2)nn1)C1CC(C)(C)NC(C)(C)C1. The van der Waals surface area contributed by atoms with E-state index in [4.69, 9.17) is 0 Å². The molecule has 4 nitrogen and oxygen atoms in total. The van der Waals surface area contributed by atoms with E-state index in [0.717, 1.165) is 34.4 Å². The molecule has 0 bridgehead atoms. The summed E-state index contributed by atoms with van der Waals surface area (Å²) in [4.78, 5) is 2.29. The van der Waals surface area contributed by atoms with Crippen LogP contribution in [0, 0.1) is 0 Å². The van der Waals surface area contributed by atoms with Gasteiger partial charge in [0.15, 0.2) is 5.82 Å². The maximum absolute atomic E-state index is 4.57. The van der Waals surface area contributed by atoms with E-state index in [-0.39, 0.29) is 11.1 Å². The molecule has 4 rings (SSSR count). The van der Waals surface area contributed by atoms with Crippen molar-refractivity contribution >= 4 is 32.5 Å². The Morgan fingerprint density at radius 3 is 2.34 bits per heavy atom. The van der Waals surface area contributed by atoms with Gasteiger partial charge in [-0.25, -0.2) is 0 Å². The van der Waals surface area contributed by atoms with Gasteiger partial charge < -0.3 is 10.2 Å². The average molecular weight is 453 g/mol. The molecule has 3 aromatic rings. The minimum Gasteiger partial charge on any atom is -0.355 e. The van der Waals surface area contributed by atoms with Gasteiger partial charge in [-0.1, -0.05) is 40.2 Å². The normalized spacial score (nSPS) is 18.7. The van der Waals surface area contributed by atoms with E-state index in [1.54, 1.807) is 0 Å². The van der Waals surface area contributed by atoms with Gasteiger partial charge in [-0.05, 0) is 75.6 Å². The third-order valence-corrected chi connectivity index (χ3v) is 6.54. The van der Waals surface area contributed by atoms with Gasteiger partial charge in [-0.15, -0.1) is 10.2 Å². The van der Waals surface area contributed by atoms with Crippen molar-refractivity contribution in [2.45, 2.75) is 57.7 Å². The zero-order chi connectivity index (χ0) is 20.8. The Bertz CT molecular complexity index is 1010. The molecular weight excluding hydrogens is 424 g/mol. The number of anilines is 1. The first-order valence-electron chi connectivity index (χ1n) is 10.2. The highest BCUT2D eigenvalue weighted by Gasteiger charge is 2.39. The molecule has 0 amide bonds. The largest absolute Gasteiger partial charge is 0.355 e. The Labute approximate surface area is 181 Å². The summed E-state index contributed by atoms with van der Waals surface area (Å²) in [6, 6.07) is 17.3. The average Bonchev–Trinajstić information content (AvgIpc) is 2.65. The predicted octanol–water partition coefficient (Wildman–Crippen LogP) is 5.80. The monoisotopic (exact) mass is 452 g/mol. The van der Waals surface area contributed by atoms with Gasteiger partial charge in [-0.2, -0.15) is 0 Å². The fourth-order valence-corrected chi connectivity index (χ4v) is 5.31. The molecular formula is C24H29BrN4. The molecule has 0 saturated carbocycles. The molecule has 2 aromatic carbocycles. The molecule has 1 aliphatic heterocycles. The van der Waals surface area contributed by atoms with Crippen molar-refractivity contribution in [3.05, 3.63) is 53.0 Å². The number of fused-ring (bicyclic) bond motifs is 1. The smallest absolute Gasteiger partial charge is 0.151 e. The third kappa shape index (κ3) is 4.31. The van der Waals surface area contributed by atoms with E-state index in [1.807, 2.05) is 0 Å². The van der Waals surface area contributed by atoms with E-state index < -0.39 is 0 Å². The highest BCUT2D eigenvalue weighted by Crippen LogP contribution is 2.33. The van der Waals surface area contributed by atoms with E-state index in [9.17, 15) is 0 Å². The summed E-state index contributed by atoms with van der Waals surface area (Å²) < 4.78 is 1.11. The Hall–Kier alpha value is -1.98. The van der Waals surface area contributed by atoms with E-state index in [0.29, 0.717) is 6.04 Å². The number of aromatic nitrogens is 2. The molecule has 1 aliphatic rings. The number of piperidine rings is 1. The first kappa shape index (κ1) is 20.3. The summed E-state index contributed by atoms with van der Waals surface area (Å²) in [7, 11) is 2.14. The van der Waals surface area contributed by atoms with E-state index in [2.05, 4.69) is 120 Å². The number of rotatable bonds is 3. The van der Waals surface area contributed by atoms with Crippen LogP contribution in [0.5, 0.6) is 0 Å². The highest BCUT2D eigenvalue weighted by atomic mass is 79.9. The highest BCUT2D eigenvalue weighted by molar-refractivity contribution is 9.10. The molecule has 0 radical (unpaired) electrons. The maximum Gasteiger partial charge on any atom is 0.151 e. The first-order chi connectivity index (χ1) is 13.6. The van der Waals surface area contributed by atoms with Gasteiger partial charge in [0.1, 0.15) is 0 Å². The maximum atomic E-state index is 4.57. The van der Waals surface area contributed by atoms with Crippen molar-refractivity contribution in [3.63, 3.8) is 0 Å². The molecule has 0 aliphatic carbocycles. The van der Waals surface area contributed by atoms with Crippen molar-refractivity contribution < 1.29 is 0 Å². The lowest BCUT2D eigenvalue weighted by molar-refractivity contribution is 0.160. The molecule has 29 heavy (non-hydrogen) atoms. The number of halogens is 1. The van der Waals surface area contributed by atoms with Gasteiger partial charge in [0.2, 0.25) is 0 Å². The number of hydrogen-bond acceptors (Lipinski definition) is 4. The number of hydrogen-bond donors (Lipinski definition) is 1. The van der Waals surface area contributed by atoms with Crippen molar-refractivity contribution in [1.82, 2.24) is 15.5 Å². The standard InChI is InChI=1S/C24H29BrN4/c1-23(2)14-18(15-24(3,4)28-23)29(5)22-12-11-21(26-27-22)17-9-10-19-16(13-17)7-6-8-20(19)25/h6-13,18,28H,14-15H2,1-5H3. The molecule has 0 atom stereocenters. The van der Waals surface area contributed by atoms with Crippen molar-refractivity contribution in [1.29, 1.82) is 0 Å². The Balaban J connectivity index is 1.58. The van der Waals surface area contributed by atoms with Gasteiger partial charge in [0.05, 0.1) is 5.69 Å². The minimum absolute atomic E-state index is 0.105. The van der Waals surface area contributed by atoms with Crippen LogP contribution in [-0.4, -0.2) is 34.4 Å². The summed E-state index contributed by atoms with van der Waals surface area (Å²) in [5.41, 5.74) is 2.19.